The van der Waals surface area contributed by atoms with Crippen LogP contribution in [0.15, 0.2) is 60.7 Å². The molecule has 3 rings (SSSR count). The summed E-state index contributed by atoms with van der Waals surface area (Å²) >= 11 is 0. The van der Waals surface area contributed by atoms with Gasteiger partial charge in [0.05, 0.1) is 39.3 Å². The highest BCUT2D eigenvalue weighted by molar-refractivity contribution is 6.04. The van der Waals surface area contributed by atoms with Crippen LogP contribution < -0.4 is 18.9 Å². The molecular formula is C24H23NO7. The van der Waals surface area contributed by atoms with E-state index in [1.807, 2.05) is 0 Å². The summed E-state index contributed by atoms with van der Waals surface area (Å²) in [7, 11) is 6.11. The van der Waals surface area contributed by atoms with Crippen LogP contribution in [-0.4, -0.2) is 39.1 Å². The number of non-ortho nitro benzene ring substituents is 1. The smallest absolute Gasteiger partial charge is 0.269 e. The second-order valence-electron chi connectivity index (χ2n) is 6.82. The molecule has 0 amide bonds. The molecule has 0 fully saturated rings. The minimum atomic E-state index is -0.807. The fraction of sp³-hybridized carbons (Fsp3) is 0.208. The van der Waals surface area contributed by atoms with Crippen molar-refractivity contribution in [1.29, 1.82) is 0 Å². The third kappa shape index (κ3) is 4.49. The van der Waals surface area contributed by atoms with Gasteiger partial charge in [0, 0.05) is 41.0 Å². The predicted molar refractivity (Wildman–Crippen MR) is 118 cm³/mol. The highest BCUT2D eigenvalue weighted by Crippen LogP contribution is 2.41. The molecule has 8 nitrogen and oxygen atoms in total. The zero-order chi connectivity index (χ0) is 23.3. The molecule has 0 spiro atoms. The topological polar surface area (TPSA) is 97.1 Å². The standard InChI is InChI=1S/C24H23NO7/c1-29-17-9-11-19(21(13-17)31-3)23(20-12-10-18(30-2)14-22(20)32-4)24(26)15-5-7-16(8-6-15)25(27)28/h5-14,23H,1-4H3. The molecule has 0 saturated heterocycles. The summed E-state index contributed by atoms with van der Waals surface area (Å²) in [5.74, 6) is 0.998. The van der Waals surface area contributed by atoms with Crippen LogP contribution in [0.2, 0.25) is 0 Å². The molecule has 0 atom stereocenters. The number of hydrogen-bond acceptors (Lipinski definition) is 7. The minimum absolute atomic E-state index is 0.0952. The van der Waals surface area contributed by atoms with Crippen LogP contribution in [-0.2, 0) is 0 Å². The van der Waals surface area contributed by atoms with E-state index in [0.29, 0.717) is 39.7 Å². The van der Waals surface area contributed by atoms with E-state index >= 15 is 0 Å². The van der Waals surface area contributed by atoms with E-state index in [9.17, 15) is 14.9 Å². The van der Waals surface area contributed by atoms with Crippen LogP contribution in [0.5, 0.6) is 23.0 Å². The molecule has 8 heteroatoms. The van der Waals surface area contributed by atoms with Crippen LogP contribution in [0.1, 0.15) is 27.4 Å². The van der Waals surface area contributed by atoms with Gasteiger partial charge in [-0.2, -0.15) is 0 Å². The molecule has 0 bridgehead atoms. The summed E-state index contributed by atoms with van der Waals surface area (Å²) in [5, 5.41) is 11.0. The van der Waals surface area contributed by atoms with Gasteiger partial charge in [0.15, 0.2) is 5.78 Å². The van der Waals surface area contributed by atoms with Gasteiger partial charge in [0.1, 0.15) is 23.0 Å². The number of carbonyl (C=O) groups is 1. The van der Waals surface area contributed by atoms with Crippen LogP contribution in [0.4, 0.5) is 5.69 Å². The number of nitro groups is 1. The fourth-order valence-corrected chi connectivity index (χ4v) is 3.48. The number of benzene rings is 3. The molecule has 166 valence electrons. The number of rotatable bonds is 9. The first-order valence-corrected chi connectivity index (χ1v) is 9.66. The van der Waals surface area contributed by atoms with Crippen LogP contribution in [0.25, 0.3) is 0 Å². The molecular weight excluding hydrogens is 414 g/mol. The molecule has 0 aliphatic heterocycles. The molecule has 3 aromatic carbocycles. The first-order chi connectivity index (χ1) is 15.4. The molecule has 0 unspecified atom stereocenters. The number of ketones is 1. The number of Topliss-reactive ketones (excluding diaryl/α,β-unsaturated/α-hetero) is 1. The summed E-state index contributed by atoms with van der Waals surface area (Å²) in [4.78, 5) is 24.2. The third-order valence-electron chi connectivity index (χ3n) is 5.13. The zero-order valence-electron chi connectivity index (χ0n) is 18.2. The second-order valence-corrected chi connectivity index (χ2v) is 6.82. The van der Waals surface area contributed by atoms with Gasteiger partial charge in [0.2, 0.25) is 0 Å². The lowest BCUT2D eigenvalue weighted by Crippen LogP contribution is -2.16. The van der Waals surface area contributed by atoms with Gasteiger partial charge in [-0.25, -0.2) is 0 Å². The van der Waals surface area contributed by atoms with E-state index in [2.05, 4.69) is 0 Å². The Bertz CT molecular complexity index is 1070. The summed E-state index contributed by atoms with van der Waals surface area (Å²) < 4.78 is 21.7. The minimum Gasteiger partial charge on any atom is -0.497 e. The van der Waals surface area contributed by atoms with Gasteiger partial charge >= 0.3 is 0 Å². The third-order valence-corrected chi connectivity index (χ3v) is 5.13. The van der Waals surface area contributed by atoms with Crippen molar-refractivity contribution in [3.63, 3.8) is 0 Å². The quantitative estimate of drug-likeness (QED) is 0.273. The Hall–Kier alpha value is -4.07. The Morgan fingerprint density at radius 3 is 1.59 bits per heavy atom. The van der Waals surface area contributed by atoms with Gasteiger partial charge in [0.25, 0.3) is 5.69 Å². The van der Waals surface area contributed by atoms with Crippen LogP contribution in [0.3, 0.4) is 0 Å². The summed E-state index contributed by atoms with van der Waals surface area (Å²) in [5.41, 5.74) is 1.42. The van der Waals surface area contributed by atoms with Gasteiger partial charge in [-0.15, -0.1) is 0 Å². The monoisotopic (exact) mass is 437 g/mol. The molecule has 3 aromatic rings. The fourth-order valence-electron chi connectivity index (χ4n) is 3.48. The zero-order valence-corrected chi connectivity index (χ0v) is 18.2. The number of methoxy groups -OCH3 is 4. The lowest BCUT2D eigenvalue weighted by Gasteiger charge is -2.22. The van der Waals surface area contributed by atoms with E-state index in [4.69, 9.17) is 18.9 Å². The number of hydrogen-bond donors (Lipinski definition) is 0. The van der Waals surface area contributed by atoms with Gasteiger partial charge in [-0.3, -0.25) is 14.9 Å². The van der Waals surface area contributed by atoms with Crippen molar-refractivity contribution in [2.75, 3.05) is 28.4 Å². The average molecular weight is 437 g/mol. The first-order valence-electron chi connectivity index (χ1n) is 9.66. The van der Waals surface area contributed by atoms with Crippen molar-refractivity contribution >= 4 is 11.5 Å². The first kappa shape index (κ1) is 22.6. The molecule has 0 radical (unpaired) electrons. The molecule has 0 aliphatic rings. The van der Waals surface area contributed by atoms with E-state index in [1.54, 1.807) is 50.6 Å². The Morgan fingerprint density at radius 2 is 1.22 bits per heavy atom. The predicted octanol–water partition coefficient (Wildman–Crippen LogP) is 4.64. The number of ether oxygens (including phenoxy) is 4. The summed E-state index contributed by atoms with van der Waals surface area (Å²) in [6.45, 7) is 0. The maximum atomic E-state index is 13.7. The molecule has 0 saturated carbocycles. The van der Waals surface area contributed by atoms with Crippen molar-refractivity contribution in [3.8, 4) is 23.0 Å². The molecule has 32 heavy (non-hydrogen) atoms. The largest absolute Gasteiger partial charge is 0.497 e. The lowest BCUT2D eigenvalue weighted by atomic mass is 9.83. The van der Waals surface area contributed by atoms with Crippen molar-refractivity contribution < 1.29 is 28.7 Å². The van der Waals surface area contributed by atoms with Gasteiger partial charge in [-0.1, -0.05) is 12.1 Å². The molecule has 0 aromatic heterocycles. The SMILES string of the molecule is COc1ccc(C(C(=O)c2ccc([N+](=O)[O-])cc2)c2ccc(OC)cc2OC)c(OC)c1. The Morgan fingerprint density at radius 1 is 0.750 bits per heavy atom. The highest BCUT2D eigenvalue weighted by Gasteiger charge is 2.30. The Kier molecular flexibility index (Phi) is 6.94. The summed E-state index contributed by atoms with van der Waals surface area (Å²) in [6, 6.07) is 15.9. The van der Waals surface area contributed by atoms with E-state index in [0.717, 1.165) is 0 Å². The molecule has 0 aliphatic carbocycles. The van der Waals surface area contributed by atoms with Crippen molar-refractivity contribution in [2.45, 2.75) is 5.92 Å². The molecule has 0 N–H and O–H groups in total. The van der Waals surface area contributed by atoms with Gasteiger partial charge in [-0.05, 0) is 24.3 Å². The van der Waals surface area contributed by atoms with Crippen LogP contribution >= 0.6 is 0 Å². The van der Waals surface area contributed by atoms with Gasteiger partial charge < -0.3 is 18.9 Å². The summed E-state index contributed by atoms with van der Waals surface area (Å²) in [6.07, 6.45) is 0. The Balaban J connectivity index is 2.20. The van der Waals surface area contributed by atoms with E-state index < -0.39 is 10.8 Å². The van der Waals surface area contributed by atoms with Crippen molar-refractivity contribution in [3.05, 3.63) is 87.5 Å². The average Bonchev–Trinajstić information content (AvgIpc) is 2.84. The maximum Gasteiger partial charge on any atom is 0.269 e. The Labute approximate surface area is 185 Å². The number of carbonyl (C=O) groups excluding carboxylic acids is 1. The second kappa shape index (κ2) is 9.82. The number of nitro benzene ring substituents is 1. The normalized spacial score (nSPS) is 10.5. The maximum absolute atomic E-state index is 13.7. The number of nitrogens with zero attached hydrogens (tertiary/aromatic N) is 1. The lowest BCUT2D eigenvalue weighted by molar-refractivity contribution is -0.384. The van der Waals surface area contributed by atoms with Crippen LogP contribution in [0, 0.1) is 10.1 Å². The van der Waals surface area contributed by atoms with Crippen molar-refractivity contribution in [1.82, 2.24) is 0 Å². The highest BCUT2D eigenvalue weighted by atomic mass is 16.6. The van der Waals surface area contributed by atoms with E-state index in [1.165, 1.54) is 38.5 Å². The van der Waals surface area contributed by atoms with Crippen molar-refractivity contribution in [2.24, 2.45) is 0 Å². The molecule has 0 heterocycles. The van der Waals surface area contributed by atoms with E-state index in [-0.39, 0.29) is 11.5 Å².